The predicted octanol–water partition coefficient (Wildman–Crippen LogP) is 0.388. The van der Waals surface area contributed by atoms with Gasteiger partial charge in [0.2, 0.25) is 0 Å². The van der Waals surface area contributed by atoms with Gasteiger partial charge < -0.3 is 10.2 Å². The molecular formula is C12H18N4O. The Morgan fingerprint density at radius 3 is 2.94 bits per heavy atom. The third-order valence-corrected chi connectivity index (χ3v) is 4.37. The first-order valence-electron chi connectivity index (χ1n) is 6.46. The van der Waals surface area contributed by atoms with Gasteiger partial charge in [0, 0.05) is 38.1 Å². The number of nitriles is 1. The van der Waals surface area contributed by atoms with Crippen LogP contribution < -0.4 is 5.32 Å². The van der Waals surface area contributed by atoms with E-state index in [-0.39, 0.29) is 11.9 Å². The summed E-state index contributed by atoms with van der Waals surface area (Å²) in [5.41, 5.74) is 0. The fraction of sp³-hybridized carbons (Fsp3) is 0.833. The van der Waals surface area contributed by atoms with E-state index in [4.69, 9.17) is 5.26 Å². The number of urea groups is 1. The van der Waals surface area contributed by atoms with Crippen LogP contribution in [0.2, 0.25) is 0 Å². The van der Waals surface area contributed by atoms with Gasteiger partial charge in [0.15, 0.2) is 0 Å². The first-order chi connectivity index (χ1) is 8.28. The van der Waals surface area contributed by atoms with Crippen molar-refractivity contribution in [1.29, 1.82) is 5.26 Å². The van der Waals surface area contributed by atoms with Crippen molar-refractivity contribution < 1.29 is 4.79 Å². The molecule has 3 unspecified atom stereocenters. The van der Waals surface area contributed by atoms with Crippen LogP contribution >= 0.6 is 0 Å². The van der Waals surface area contributed by atoms with Gasteiger partial charge in [-0.15, -0.1) is 0 Å². The average Bonchev–Trinajstić information content (AvgIpc) is 2.96. The topological polar surface area (TPSA) is 59.4 Å². The number of hydrogen-bond donors (Lipinski definition) is 1. The van der Waals surface area contributed by atoms with Crippen molar-refractivity contribution in [2.75, 3.05) is 26.2 Å². The summed E-state index contributed by atoms with van der Waals surface area (Å²) in [4.78, 5) is 15.9. The molecule has 0 bridgehead atoms. The summed E-state index contributed by atoms with van der Waals surface area (Å²) < 4.78 is 0. The lowest BCUT2D eigenvalue weighted by molar-refractivity contribution is 0.0891. The Hall–Kier alpha value is -1.28. The molecule has 3 rings (SSSR count). The molecule has 5 nitrogen and oxygen atoms in total. The van der Waals surface area contributed by atoms with Crippen molar-refractivity contribution >= 4 is 6.03 Å². The molecule has 92 valence electrons. The quantitative estimate of drug-likeness (QED) is 0.714. The molecule has 3 atom stereocenters. The normalized spacial score (nSPS) is 37.7. The molecule has 2 saturated heterocycles. The van der Waals surface area contributed by atoms with E-state index in [1.165, 1.54) is 0 Å². The van der Waals surface area contributed by atoms with Gasteiger partial charge in [-0.25, -0.2) is 4.79 Å². The van der Waals surface area contributed by atoms with Crippen LogP contribution in [0.5, 0.6) is 0 Å². The van der Waals surface area contributed by atoms with E-state index in [0.717, 1.165) is 45.4 Å². The molecule has 0 aromatic heterocycles. The molecule has 0 aromatic rings. The zero-order valence-electron chi connectivity index (χ0n) is 9.93. The number of amides is 2. The number of hydrogen-bond acceptors (Lipinski definition) is 3. The molecule has 0 aromatic carbocycles. The second kappa shape index (κ2) is 4.19. The van der Waals surface area contributed by atoms with Gasteiger partial charge >= 0.3 is 6.03 Å². The Labute approximate surface area is 101 Å². The molecular weight excluding hydrogens is 216 g/mol. The van der Waals surface area contributed by atoms with E-state index in [2.05, 4.69) is 16.3 Å². The van der Waals surface area contributed by atoms with Crippen LogP contribution in [-0.4, -0.2) is 54.1 Å². The van der Waals surface area contributed by atoms with Crippen LogP contribution in [0.15, 0.2) is 0 Å². The minimum Gasteiger partial charge on any atom is -0.336 e. The van der Waals surface area contributed by atoms with E-state index in [1.807, 2.05) is 4.90 Å². The fourth-order valence-corrected chi connectivity index (χ4v) is 3.37. The van der Waals surface area contributed by atoms with Gasteiger partial charge in [-0.3, -0.25) is 4.90 Å². The second-order valence-corrected chi connectivity index (χ2v) is 5.32. The predicted molar refractivity (Wildman–Crippen MR) is 62.2 cm³/mol. The van der Waals surface area contributed by atoms with Crippen LogP contribution in [0, 0.1) is 17.2 Å². The Morgan fingerprint density at radius 2 is 2.18 bits per heavy atom. The van der Waals surface area contributed by atoms with Crippen molar-refractivity contribution in [1.82, 2.24) is 15.1 Å². The van der Waals surface area contributed by atoms with Crippen LogP contribution in [0.4, 0.5) is 4.79 Å². The van der Waals surface area contributed by atoms with Crippen LogP contribution in [0.3, 0.4) is 0 Å². The number of nitrogens with zero attached hydrogens (tertiary/aromatic N) is 3. The van der Waals surface area contributed by atoms with Crippen LogP contribution in [0.25, 0.3) is 0 Å². The molecule has 1 N–H and O–H groups in total. The van der Waals surface area contributed by atoms with Gasteiger partial charge in [-0.05, 0) is 19.3 Å². The van der Waals surface area contributed by atoms with Gasteiger partial charge in [0.25, 0.3) is 0 Å². The van der Waals surface area contributed by atoms with Crippen molar-refractivity contribution in [2.45, 2.75) is 31.3 Å². The highest BCUT2D eigenvalue weighted by Crippen LogP contribution is 2.30. The Kier molecular flexibility index (Phi) is 2.67. The van der Waals surface area contributed by atoms with E-state index in [9.17, 15) is 4.79 Å². The summed E-state index contributed by atoms with van der Waals surface area (Å²) in [5.74, 6) is 0.251. The van der Waals surface area contributed by atoms with Crippen LogP contribution in [0.1, 0.15) is 19.3 Å². The first-order valence-corrected chi connectivity index (χ1v) is 6.46. The number of carbonyl (C=O) groups excluding carboxylic acids is 1. The molecule has 3 aliphatic rings. The molecule has 2 heterocycles. The Morgan fingerprint density at radius 1 is 1.29 bits per heavy atom. The molecule has 0 radical (unpaired) electrons. The summed E-state index contributed by atoms with van der Waals surface area (Å²) in [6.07, 6.45) is 3.21. The van der Waals surface area contributed by atoms with Gasteiger partial charge in [-0.2, -0.15) is 5.26 Å². The molecule has 2 amide bonds. The standard InChI is InChI=1S/C12H18N4O/c13-6-9-1-2-10(5-9)15-3-4-16-11(8-15)7-14-12(16)17/h9-11H,1-5,7-8H2,(H,14,17). The molecule has 0 spiro atoms. The van der Waals surface area contributed by atoms with Crippen molar-refractivity contribution in [3.8, 4) is 6.07 Å². The Balaban J connectivity index is 1.61. The monoisotopic (exact) mass is 234 g/mol. The lowest BCUT2D eigenvalue weighted by Crippen LogP contribution is -2.54. The third-order valence-electron chi connectivity index (χ3n) is 4.37. The maximum Gasteiger partial charge on any atom is 0.317 e. The highest BCUT2D eigenvalue weighted by molar-refractivity contribution is 5.77. The minimum atomic E-state index is 0.0935. The van der Waals surface area contributed by atoms with E-state index >= 15 is 0 Å². The van der Waals surface area contributed by atoms with Crippen LogP contribution in [-0.2, 0) is 0 Å². The molecule has 2 aliphatic heterocycles. The Bertz CT molecular complexity index is 364. The number of nitrogens with one attached hydrogen (secondary N) is 1. The molecule has 5 heteroatoms. The number of piperazine rings is 1. The van der Waals surface area contributed by atoms with Crippen molar-refractivity contribution in [2.24, 2.45) is 5.92 Å². The largest absolute Gasteiger partial charge is 0.336 e. The smallest absolute Gasteiger partial charge is 0.317 e. The summed E-state index contributed by atoms with van der Waals surface area (Å²) in [6, 6.07) is 3.39. The fourth-order valence-electron chi connectivity index (χ4n) is 3.37. The van der Waals surface area contributed by atoms with E-state index in [1.54, 1.807) is 0 Å². The van der Waals surface area contributed by atoms with Crippen molar-refractivity contribution in [3.63, 3.8) is 0 Å². The SMILES string of the molecule is N#CC1CCC(N2CCN3C(=O)NCC3C2)C1. The van der Waals surface area contributed by atoms with Gasteiger partial charge in [0.1, 0.15) is 0 Å². The zero-order chi connectivity index (χ0) is 11.8. The highest BCUT2D eigenvalue weighted by atomic mass is 16.2. The average molecular weight is 234 g/mol. The highest BCUT2D eigenvalue weighted by Gasteiger charge is 2.39. The lowest BCUT2D eigenvalue weighted by atomic mass is 10.1. The molecule has 1 aliphatic carbocycles. The summed E-state index contributed by atoms with van der Waals surface area (Å²) in [7, 11) is 0. The zero-order valence-corrected chi connectivity index (χ0v) is 9.93. The lowest BCUT2D eigenvalue weighted by Gasteiger charge is -2.39. The minimum absolute atomic E-state index is 0.0935. The summed E-state index contributed by atoms with van der Waals surface area (Å²) in [5, 5.41) is 11.8. The third kappa shape index (κ3) is 1.87. The summed E-state index contributed by atoms with van der Waals surface area (Å²) >= 11 is 0. The van der Waals surface area contributed by atoms with Gasteiger partial charge in [0.05, 0.1) is 12.1 Å². The number of fused-ring (bicyclic) bond motifs is 1. The summed E-state index contributed by atoms with van der Waals surface area (Å²) in [6.45, 7) is 3.56. The number of carbonyl (C=O) groups is 1. The maximum absolute atomic E-state index is 11.5. The van der Waals surface area contributed by atoms with E-state index < -0.39 is 0 Å². The molecule has 3 fully saturated rings. The maximum atomic E-state index is 11.5. The second-order valence-electron chi connectivity index (χ2n) is 5.32. The first kappa shape index (κ1) is 10.8. The van der Waals surface area contributed by atoms with Crippen molar-refractivity contribution in [3.05, 3.63) is 0 Å². The van der Waals surface area contributed by atoms with Gasteiger partial charge in [-0.1, -0.05) is 0 Å². The van der Waals surface area contributed by atoms with E-state index in [0.29, 0.717) is 12.1 Å². The molecule has 17 heavy (non-hydrogen) atoms. The molecule has 1 saturated carbocycles. The number of rotatable bonds is 1.